The van der Waals surface area contributed by atoms with Gasteiger partial charge >= 0.3 is 96.1 Å². The fraction of sp³-hybridized carbons (Fsp3) is 1.00. The van der Waals surface area contributed by atoms with E-state index >= 15 is 0 Å². The van der Waals surface area contributed by atoms with Crippen molar-refractivity contribution in [2.45, 2.75) is 47.4 Å². The van der Waals surface area contributed by atoms with Gasteiger partial charge in [-0.15, -0.1) is 0 Å². The third-order valence-corrected chi connectivity index (χ3v) is 65.3. The average molecular weight is 309 g/mol. The summed E-state index contributed by atoms with van der Waals surface area (Å²) in [5.74, 6) is 0. The zero-order chi connectivity index (χ0) is 11.1. The number of rotatable bonds is 2. The van der Waals surface area contributed by atoms with E-state index in [4.69, 9.17) is 0 Å². The molecule has 1 spiro atoms. The molecule has 4 unspecified atom stereocenters. The molecule has 0 amide bonds. The minimum absolute atomic E-state index is 0.412. The second-order valence-electron chi connectivity index (χ2n) is 10.7. The molecule has 10 fully saturated rings. The van der Waals surface area contributed by atoms with Gasteiger partial charge in [-0.1, -0.05) is 0 Å². The van der Waals surface area contributed by atoms with E-state index in [1.165, 1.54) is 47.4 Å². The van der Waals surface area contributed by atoms with E-state index < -0.39 is 6.23 Å². The van der Waals surface area contributed by atoms with Crippen LogP contribution in [-0.2, 0) is 6.23 Å². The van der Waals surface area contributed by atoms with Crippen molar-refractivity contribution in [3.63, 3.8) is 0 Å². The van der Waals surface area contributed by atoms with Gasteiger partial charge in [-0.2, -0.15) is 0 Å². The molecule has 10 aliphatic rings. The number of hydrogen-bond donors (Lipinski definition) is 0. The first-order valence-electron chi connectivity index (χ1n) is 7.17. The number of hydrogen-bond acceptors (Lipinski definition) is 0. The molecule has 0 saturated carbocycles. The van der Waals surface area contributed by atoms with E-state index in [2.05, 4.69) is 26.7 Å². The summed E-state index contributed by atoms with van der Waals surface area (Å²) in [5, 5.41) is 0. The third-order valence-electron chi connectivity index (χ3n) is 14.5. The van der Waals surface area contributed by atoms with Crippen molar-refractivity contribution >= 4 is 15.8 Å². The van der Waals surface area contributed by atoms with Gasteiger partial charge in [0.15, 0.2) is 0 Å². The normalized spacial score (nSPS) is 124. The van der Waals surface area contributed by atoms with Gasteiger partial charge in [0.2, 0.25) is 0 Å². The topological polar surface area (TPSA) is 0 Å². The second-order valence-corrected chi connectivity index (χ2v) is 37.1. The Bertz CT molecular complexity index is 908. The van der Waals surface area contributed by atoms with Crippen LogP contribution in [0.25, 0.3) is 0 Å². The maximum atomic E-state index is 2.73. The first-order valence-corrected chi connectivity index (χ1v) is 17.2. The van der Waals surface area contributed by atoms with Crippen LogP contribution in [0.4, 0.5) is 0 Å². The van der Waals surface area contributed by atoms with E-state index in [0.717, 1.165) is 0 Å². The monoisotopic (exact) mass is 308 g/mol. The summed E-state index contributed by atoms with van der Waals surface area (Å²) < 4.78 is 2.38. The van der Waals surface area contributed by atoms with Crippen molar-refractivity contribution in [3.05, 3.63) is 0 Å². The van der Waals surface area contributed by atoms with E-state index in [-0.39, 0.29) is 0 Å². The Morgan fingerprint density at radius 3 is 1.12 bits per heavy atom. The summed E-state index contributed by atoms with van der Waals surface area (Å²) in [6, 6.07) is 0. The zero-order valence-corrected chi connectivity index (χ0v) is 13.6. The quantitative estimate of drug-likeness (QED) is 0.513. The molecule has 0 nitrogen and oxygen atoms in total. The van der Waals surface area contributed by atoms with Gasteiger partial charge in [0.1, 0.15) is 0 Å². The molecular weight excluding hydrogens is 289 g/mol. The van der Waals surface area contributed by atoms with Gasteiger partial charge in [-0.25, -0.2) is 0 Å². The molecule has 0 N–H and O–H groups in total. The summed E-state index contributed by atoms with van der Waals surface area (Å²) in [5.41, 5.74) is 0. The predicted molar refractivity (Wildman–Crippen MR) is 73.0 cm³/mol. The van der Waals surface area contributed by atoms with Crippen LogP contribution in [0.2, 0.25) is 39.1 Å². The Hall–Kier alpha value is 1.35. The fourth-order valence-electron chi connectivity index (χ4n) is 16.9. The van der Waals surface area contributed by atoms with Crippen molar-refractivity contribution < 1.29 is 6.23 Å². The van der Waals surface area contributed by atoms with Crippen LogP contribution in [0.3, 0.4) is 0 Å². The van der Waals surface area contributed by atoms with Crippen LogP contribution in [0.1, 0.15) is 0 Å². The second kappa shape index (κ2) is 0.595. The SMILES string of the molecule is CP(C)[C]12[CH]3[CH]4[CH]5[C]1(P(C)C)[Ni]43521678[CH]2[CH]1[CH]6[CH]7[CH]28. The molecule has 0 aromatic carbocycles. The van der Waals surface area contributed by atoms with Crippen LogP contribution in [-0.4, -0.2) is 34.9 Å². The summed E-state index contributed by atoms with van der Waals surface area (Å²) >= 11 is 0. The van der Waals surface area contributed by atoms with Crippen LogP contribution in [0.15, 0.2) is 0 Å². The summed E-state index contributed by atoms with van der Waals surface area (Å²) in [4.78, 5) is 12.2. The maximum absolute atomic E-state index is 2.73. The third kappa shape index (κ3) is 0.0708. The van der Waals surface area contributed by atoms with Gasteiger partial charge in [0.05, 0.1) is 0 Å². The molecule has 0 aliphatic carbocycles. The van der Waals surface area contributed by atoms with Crippen molar-refractivity contribution in [1.82, 2.24) is 0 Å². The first kappa shape index (κ1) is 7.39. The molecule has 0 aromatic heterocycles. The van der Waals surface area contributed by atoms with Crippen LogP contribution >= 0.6 is 15.8 Å². The van der Waals surface area contributed by atoms with Crippen molar-refractivity contribution in [3.8, 4) is 0 Å². The summed E-state index contributed by atoms with van der Waals surface area (Å²) in [6.07, 6.45) is -2.64. The van der Waals surface area contributed by atoms with Crippen molar-refractivity contribution in [1.29, 1.82) is 0 Å². The summed E-state index contributed by atoms with van der Waals surface area (Å²) in [7, 11) is 0.823. The molecule has 10 saturated heterocycles. The van der Waals surface area contributed by atoms with E-state index in [1.54, 1.807) is 0 Å². The van der Waals surface area contributed by atoms with Gasteiger partial charge in [0, 0.05) is 0 Å². The molecule has 10 aliphatic heterocycles. The molecule has 17 heavy (non-hydrogen) atoms. The van der Waals surface area contributed by atoms with Crippen LogP contribution in [0, 0.1) is 0 Å². The van der Waals surface area contributed by atoms with Gasteiger partial charge in [0.25, 0.3) is 0 Å². The first-order chi connectivity index (χ1) is 7.82. The van der Waals surface area contributed by atoms with Crippen molar-refractivity contribution in [2.75, 3.05) is 26.7 Å². The standard InChI is InChI=1S/C9H15P2.C5H5.Ni/c1-10(2)8-6-5-7-9(8)11(3)4;1-2-4-5-3-1;/h5-7H,1-4H3;1-5H;. The Morgan fingerprint density at radius 2 is 1.00 bits per heavy atom. The molecule has 4 atom stereocenters. The van der Waals surface area contributed by atoms with E-state index in [1.807, 2.05) is 0 Å². The molecule has 0 aromatic rings. The predicted octanol–water partition coefficient (Wildman–Crippen LogP) is 4.67. The molecule has 10 heterocycles. The minimum atomic E-state index is -2.64. The Balaban J connectivity index is 1.75. The molecular formula is C14H20NiP2. The van der Waals surface area contributed by atoms with Crippen molar-refractivity contribution in [2.24, 2.45) is 0 Å². The Kier molecular flexibility index (Phi) is 0.258. The zero-order valence-electron chi connectivity index (χ0n) is 10.8. The van der Waals surface area contributed by atoms with Crippen LogP contribution in [0.5, 0.6) is 0 Å². The molecule has 96 valence electrons. The Morgan fingerprint density at radius 1 is 0.647 bits per heavy atom. The van der Waals surface area contributed by atoms with E-state index in [0.29, 0.717) is 15.8 Å². The molecule has 10 rings (SSSR count). The van der Waals surface area contributed by atoms with Crippen LogP contribution < -0.4 is 0 Å². The molecule has 0 radical (unpaired) electrons. The van der Waals surface area contributed by atoms with Gasteiger partial charge in [-0.3, -0.25) is 0 Å². The molecule has 3 heteroatoms. The average Bonchev–Trinajstić information content (AvgIpc) is 3.22. The Labute approximate surface area is 95.9 Å². The molecule has 0 bridgehead atoms. The van der Waals surface area contributed by atoms with E-state index in [9.17, 15) is 0 Å². The van der Waals surface area contributed by atoms with Gasteiger partial charge < -0.3 is 0 Å². The summed E-state index contributed by atoms with van der Waals surface area (Å²) in [6.45, 7) is 10.9. The fourth-order valence-corrected chi connectivity index (χ4v) is 115. The van der Waals surface area contributed by atoms with Gasteiger partial charge in [-0.05, 0) is 0 Å². The number of fused-ring (bicyclic) bond motifs is 10.